The lowest BCUT2D eigenvalue weighted by Gasteiger charge is -2.50. The van der Waals surface area contributed by atoms with Crippen LogP contribution in [0, 0.1) is 47.8 Å². The van der Waals surface area contributed by atoms with Crippen molar-refractivity contribution < 1.29 is 13.9 Å². The molecule has 1 aromatic carbocycles. The number of hydrogen-bond donors (Lipinski definition) is 2. The van der Waals surface area contributed by atoms with Gasteiger partial charge in [0.2, 0.25) is 0 Å². The van der Waals surface area contributed by atoms with Crippen molar-refractivity contribution in [3.8, 4) is 11.8 Å². The topological polar surface area (TPSA) is 119 Å². The Morgan fingerprint density at radius 2 is 1.87 bits per heavy atom. The molecule has 1 spiro atoms. The van der Waals surface area contributed by atoms with Crippen molar-refractivity contribution in [3.05, 3.63) is 69.7 Å². The van der Waals surface area contributed by atoms with E-state index in [0.717, 1.165) is 76.6 Å². The first kappa shape index (κ1) is 31.7. The van der Waals surface area contributed by atoms with Gasteiger partial charge in [0.25, 0.3) is 0 Å². The maximum absolute atomic E-state index is 12.5. The van der Waals surface area contributed by atoms with Gasteiger partial charge in [0.05, 0.1) is 18.3 Å². The van der Waals surface area contributed by atoms with Gasteiger partial charge in [0.1, 0.15) is 34.6 Å². The number of anilines is 1. The number of piperidine rings is 1. The Balaban J connectivity index is 1.18. The van der Waals surface area contributed by atoms with Crippen molar-refractivity contribution in [3.63, 3.8) is 0 Å². The van der Waals surface area contributed by atoms with Gasteiger partial charge in [0.15, 0.2) is 5.89 Å². The minimum absolute atomic E-state index is 0.206. The average molecular weight is 639 g/mol. The fourth-order valence-electron chi connectivity index (χ4n) is 6.68. The number of amides is 1. The first-order valence-electron chi connectivity index (χ1n) is 15.9. The molecule has 3 aromatic rings. The molecule has 2 fully saturated rings. The van der Waals surface area contributed by atoms with Crippen molar-refractivity contribution >= 4 is 39.8 Å². The van der Waals surface area contributed by atoms with E-state index in [4.69, 9.17) is 25.0 Å². The minimum Gasteiger partial charge on any atom is -0.449 e. The van der Waals surface area contributed by atoms with Crippen LogP contribution in [-0.2, 0) is 11.2 Å². The van der Waals surface area contributed by atoms with Gasteiger partial charge < -0.3 is 14.1 Å². The number of aliphatic imine (C=N–C) groups is 1. The molecule has 2 aliphatic heterocycles. The Kier molecular flexibility index (Phi) is 8.40. The fraction of sp³-hybridized carbons (Fsp3) is 0.472. The van der Waals surface area contributed by atoms with Crippen LogP contribution in [-0.4, -0.2) is 58.1 Å². The number of thiophene rings is 1. The van der Waals surface area contributed by atoms with Crippen molar-refractivity contribution in [2.24, 2.45) is 16.3 Å². The van der Waals surface area contributed by atoms with Gasteiger partial charge in [-0.2, -0.15) is 0 Å². The zero-order valence-electron chi connectivity index (χ0n) is 27.5. The number of aryl methyl sites for hydroxylation is 1. The molecule has 9 nitrogen and oxygen atoms in total. The Morgan fingerprint density at radius 1 is 1.17 bits per heavy atom. The summed E-state index contributed by atoms with van der Waals surface area (Å²) < 4.78 is 11.1. The molecule has 1 unspecified atom stereocenters. The van der Waals surface area contributed by atoms with Crippen molar-refractivity contribution in [2.45, 2.75) is 85.3 Å². The van der Waals surface area contributed by atoms with Crippen LogP contribution in [0.25, 0.3) is 0 Å². The van der Waals surface area contributed by atoms with E-state index in [2.05, 4.69) is 42.8 Å². The second-order valence-corrected chi connectivity index (χ2v) is 15.0. The number of oxazole rings is 1. The van der Waals surface area contributed by atoms with Crippen LogP contribution in [0.1, 0.15) is 86.4 Å². The molecule has 1 saturated carbocycles. The lowest BCUT2D eigenvalue weighted by atomic mass is 9.58. The summed E-state index contributed by atoms with van der Waals surface area (Å²) in [6.07, 6.45) is 7.43. The number of benzene rings is 1. The van der Waals surface area contributed by atoms with E-state index >= 15 is 0 Å². The van der Waals surface area contributed by atoms with Gasteiger partial charge in [0, 0.05) is 40.6 Å². The van der Waals surface area contributed by atoms with E-state index in [1.165, 1.54) is 6.26 Å². The number of hydrogen-bond acceptors (Lipinski definition) is 8. The van der Waals surface area contributed by atoms with E-state index in [-0.39, 0.29) is 17.8 Å². The standard InChI is InChI=1S/C36H42N6O3S/c1-22-23(2)46-33-30(22)31(40-28(19-29-39-15-18-44-29)32(38)42(33)24(3)37)27-11-9-25(10-12-27)7-8-26-20-36(21-26)13-16-41(17-14-36)34(43)45-35(4,5)6/h9-12,15,18,26,28,37-38H,13-14,16-17,19-21H2,1-6H3. The van der Waals surface area contributed by atoms with Crippen LogP contribution in [0.4, 0.5) is 9.80 Å². The number of aromatic nitrogens is 1. The first-order chi connectivity index (χ1) is 21.8. The maximum atomic E-state index is 12.5. The molecule has 6 rings (SSSR count). The van der Waals surface area contributed by atoms with Gasteiger partial charge in [-0.25, -0.2) is 9.78 Å². The van der Waals surface area contributed by atoms with Crippen molar-refractivity contribution in [1.82, 2.24) is 9.88 Å². The summed E-state index contributed by atoms with van der Waals surface area (Å²) in [6.45, 7) is 13.1. The van der Waals surface area contributed by atoms with Crippen LogP contribution in [0.5, 0.6) is 0 Å². The molecule has 0 radical (unpaired) electrons. The smallest absolute Gasteiger partial charge is 0.410 e. The molecule has 240 valence electrons. The highest BCUT2D eigenvalue weighted by Gasteiger charge is 2.46. The summed E-state index contributed by atoms with van der Waals surface area (Å²) in [5.41, 5.74) is 4.60. The Hall–Kier alpha value is -4.23. The van der Waals surface area contributed by atoms with Gasteiger partial charge in [-0.05, 0) is 90.3 Å². The third-order valence-corrected chi connectivity index (χ3v) is 10.4. The number of amidine groups is 2. The van der Waals surface area contributed by atoms with E-state index in [1.807, 2.05) is 37.8 Å². The van der Waals surface area contributed by atoms with Crippen LogP contribution < -0.4 is 4.90 Å². The van der Waals surface area contributed by atoms with Crippen molar-refractivity contribution in [2.75, 3.05) is 18.0 Å². The molecule has 3 aliphatic rings. The molecule has 1 saturated heterocycles. The molecular formula is C36H42N6O3S. The third kappa shape index (κ3) is 6.38. The number of ether oxygens (including phenoxy) is 1. The summed E-state index contributed by atoms with van der Waals surface area (Å²) in [5, 5.41) is 18.5. The third-order valence-electron chi connectivity index (χ3n) is 9.25. The van der Waals surface area contributed by atoms with E-state index < -0.39 is 11.6 Å². The summed E-state index contributed by atoms with van der Waals surface area (Å²) in [4.78, 5) is 26.6. The predicted molar refractivity (Wildman–Crippen MR) is 183 cm³/mol. The van der Waals surface area contributed by atoms with Gasteiger partial charge in [-0.1, -0.05) is 24.0 Å². The molecular weight excluding hydrogens is 597 g/mol. The summed E-state index contributed by atoms with van der Waals surface area (Å²) in [6, 6.07) is 7.66. The Labute approximate surface area is 275 Å². The molecule has 10 heteroatoms. The second kappa shape index (κ2) is 12.2. The average Bonchev–Trinajstić information content (AvgIpc) is 3.57. The van der Waals surface area contributed by atoms with Gasteiger partial charge in [-0.15, -0.1) is 11.3 Å². The highest BCUT2D eigenvalue weighted by Crippen LogP contribution is 2.52. The number of carbonyl (C=O) groups is 1. The molecule has 1 atom stereocenters. The Bertz CT molecular complexity index is 1740. The monoisotopic (exact) mass is 638 g/mol. The number of rotatable bonds is 3. The van der Waals surface area contributed by atoms with Gasteiger partial charge in [-0.3, -0.25) is 20.7 Å². The van der Waals surface area contributed by atoms with Gasteiger partial charge >= 0.3 is 6.09 Å². The second-order valence-electron chi connectivity index (χ2n) is 13.8. The molecule has 0 bridgehead atoms. The summed E-state index contributed by atoms with van der Waals surface area (Å²) in [7, 11) is 0. The quantitative estimate of drug-likeness (QED) is 0.176. The maximum Gasteiger partial charge on any atom is 0.410 e. The Morgan fingerprint density at radius 3 is 2.48 bits per heavy atom. The number of carbonyl (C=O) groups excluding carboxylic acids is 1. The first-order valence-corrected chi connectivity index (χ1v) is 16.7. The molecule has 2 aromatic heterocycles. The lowest BCUT2D eigenvalue weighted by Crippen LogP contribution is -2.49. The molecule has 1 aliphatic carbocycles. The number of nitrogens with one attached hydrogen (secondary N) is 2. The summed E-state index contributed by atoms with van der Waals surface area (Å²) in [5.74, 6) is 8.30. The van der Waals surface area contributed by atoms with Crippen molar-refractivity contribution in [1.29, 1.82) is 10.8 Å². The highest BCUT2D eigenvalue weighted by molar-refractivity contribution is 7.17. The zero-order valence-corrected chi connectivity index (χ0v) is 28.3. The SMILES string of the molecule is CC(=N)N1C(=N)C(Cc2ncco2)N=C(c2ccc(C#CC3CC4(CCN(C(=O)OC(C)(C)C)CC4)C3)cc2)c2c1sc(C)c2C. The predicted octanol–water partition coefficient (Wildman–Crippen LogP) is 7.37. The van der Waals surface area contributed by atoms with E-state index in [9.17, 15) is 4.79 Å². The number of fused-ring (bicyclic) bond motifs is 1. The van der Waals surface area contributed by atoms with E-state index in [0.29, 0.717) is 23.6 Å². The van der Waals surface area contributed by atoms with Crippen LogP contribution >= 0.6 is 11.3 Å². The number of likely N-dealkylation sites (tertiary alicyclic amines) is 1. The summed E-state index contributed by atoms with van der Waals surface area (Å²) >= 11 is 1.59. The molecule has 46 heavy (non-hydrogen) atoms. The highest BCUT2D eigenvalue weighted by atomic mass is 32.1. The normalized spacial score (nSPS) is 19.5. The fourth-order valence-corrected chi connectivity index (χ4v) is 7.91. The van der Waals surface area contributed by atoms with E-state index in [1.54, 1.807) is 29.4 Å². The van der Waals surface area contributed by atoms with Crippen LogP contribution in [0.2, 0.25) is 0 Å². The lowest BCUT2D eigenvalue weighted by molar-refractivity contribution is -0.0157. The minimum atomic E-state index is -0.560. The van der Waals surface area contributed by atoms with Crippen LogP contribution in [0.3, 0.4) is 0 Å². The van der Waals surface area contributed by atoms with Crippen LogP contribution in [0.15, 0.2) is 46.1 Å². The zero-order chi connectivity index (χ0) is 32.8. The molecule has 2 N–H and O–H groups in total. The molecule has 1 amide bonds. The largest absolute Gasteiger partial charge is 0.449 e. The molecule has 4 heterocycles. The number of nitrogens with zero attached hydrogens (tertiary/aromatic N) is 4.